The molecule has 2 aliphatic heterocycles. The number of aryl methyl sites for hydroxylation is 2. The minimum Gasteiger partial charge on any atom is -0.342 e. The van der Waals surface area contributed by atoms with E-state index in [1.165, 1.54) is 12.8 Å². The van der Waals surface area contributed by atoms with Crippen LogP contribution in [0.5, 0.6) is 0 Å². The van der Waals surface area contributed by atoms with Crippen molar-refractivity contribution in [2.24, 2.45) is 11.8 Å². The van der Waals surface area contributed by atoms with Crippen LogP contribution in [0.25, 0.3) is 0 Å². The average Bonchev–Trinajstić information content (AvgIpc) is 3.39. The van der Waals surface area contributed by atoms with Crippen LogP contribution in [-0.4, -0.2) is 48.9 Å². The van der Waals surface area contributed by atoms with Gasteiger partial charge in [0.15, 0.2) is 0 Å². The van der Waals surface area contributed by atoms with Crippen LogP contribution in [-0.2, 0) is 9.59 Å². The quantitative estimate of drug-likeness (QED) is 0.766. The third-order valence-corrected chi connectivity index (χ3v) is 6.22. The molecule has 1 aliphatic carbocycles. The van der Waals surface area contributed by atoms with E-state index in [2.05, 4.69) is 11.4 Å². The molecule has 1 atom stereocenters. The number of benzene rings is 1. The molecule has 1 unspecified atom stereocenters. The van der Waals surface area contributed by atoms with Crippen LogP contribution in [0.4, 0.5) is 5.69 Å². The highest BCUT2D eigenvalue weighted by molar-refractivity contribution is 6.09. The predicted octanol–water partition coefficient (Wildman–Crippen LogP) is 3.07. The van der Waals surface area contributed by atoms with E-state index >= 15 is 0 Å². The van der Waals surface area contributed by atoms with Gasteiger partial charge in [0.25, 0.3) is 0 Å². The Bertz CT molecular complexity index is 706. The number of amides is 2. The van der Waals surface area contributed by atoms with Crippen LogP contribution in [0, 0.1) is 25.7 Å². The van der Waals surface area contributed by atoms with E-state index in [4.69, 9.17) is 0 Å². The molecule has 3 aliphatic rings. The predicted molar refractivity (Wildman–Crippen MR) is 114 cm³/mol. The van der Waals surface area contributed by atoms with E-state index < -0.39 is 5.92 Å². The van der Waals surface area contributed by atoms with Crippen molar-refractivity contribution in [1.29, 1.82) is 0 Å². The van der Waals surface area contributed by atoms with Crippen LogP contribution in [0.1, 0.15) is 43.2 Å². The van der Waals surface area contributed by atoms with Crippen molar-refractivity contribution in [3.8, 4) is 0 Å². The van der Waals surface area contributed by atoms with Gasteiger partial charge in [0.05, 0.1) is 0 Å². The fourth-order valence-electron chi connectivity index (χ4n) is 4.45. The van der Waals surface area contributed by atoms with Crippen molar-refractivity contribution in [3.63, 3.8) is 0 Å². The summed E-state index contributed by atoms with van der Waals surface area (Å²) in [5, 5.41) is 3.65. The molecular formula is C22H32ClN3O2. The van der Waals surface area contributed by atoms with Crippen molar-refractivity contribution in [1.82, 2.24) is 10.2 Å². The Hall–Kier alpha value is -1.59. The first-order chi connectivity index (χ1) is 13.0. The smallest absolute Gasteiger partial charge is 0.239 e. The lowest BCUT2D eigenvalue weighted by Gasteiger charge is -2.33. The molecule has 4 rings (SSSR count). The van der Waals surface area contributed by atoms with Crippen LogP contribution >= 0.6 is 12.4 Å². The number of anilines is 1. The second kappa shape index (κ2) is 8.83. The summed E-state index contributed by atoms with van der Waals surface area (Å²) >= 11 is 0. The summed E-state index contributed by atoms with van der Waals surface area (Å²) in [6.45, 7) is 7.40. The van der Waals surface area contributed by atoms with E-state index in [0.29, 0.717) is 19.0 Å². The number of piperidine rings is 1. The molecule has 1 aromatic rings. The van der Waals surface area contributed by atoms with Crippen molar-refractivity contribution >= 4 is 29.9 Å². The standard InChI is InChI=1S/C22H31N3O2.ClH/c1-15-11-16(2)13-19(12-15)25-10-7-20(22(25)27)21(26)24-8-5-18(6-9-24)23-14-17-3-4-17;/h11-13,17-18,20,23H,3-10,14H2,1-2H3;1H. The Kier molecular flexibility index (Phi) is 6.66. The highest BCUT2D eigenvalue weighted by Crippen LogP contribution is 2.30. The lowest BCUT2D eigenvalue weighted by molar-refractivity contribution is -0.140. The number of nitrogens with zero attached hydrogens (tertiary/aromatic N) is 2. The zero-order valence-electron chi connectivity index (χ0n) is 16.9. The maximum Gasteiger partial charge on any atom is 0.239 e. The molecule has 2 amide bonds. The van der Waals surface area contributed by atoms with Crippen LogP contribution < -0.4 is 10.2 Å². The Morgan fingerprint density at radius 1 is 1.00 bits per heavy atom. The first-order valence-electron chi connectivity index (χ1n) is 10.4. The van der Waals surface area contributed by atoms with Crippen LogP contribution in [0.2, 0.25) is 0 Å². The van der Waals surface area contributed by atoms with Gasteiger partial charge in [0.1, 0.15) is 5.92 Å². The number of rotatable bonds is 5. The summed E-state index contributed by atoms with van der Waals surface area (Å²) < 4.78 is 0. The van der Waals surface area contributed by atoms with E-state index in [1.807, 2.05) is 30.9 Å². The highest BCUT2D eigenvalue weighted by Gasteiger charge is 2.40. The fraction of sp³-hybridized carbons (Fsp3) is 0.636. The number of likely N-dealkylation sites (tertiary alicyclic amines) is 1. The summed E-state index contributed by atoms with van der Waals surface area (Å²) in [5.41, 5.74) is 3.22. The van der Waals surface area contributed by atoms with E-state index in [0.717, 1.165) is 55.2 Å². The number of halogens is 1. The summed E-state index contributed by atoms with van der Waals surface area (Å²) in [6.07, 6.45) is 5.36. The molecular weight excluding hydrogens is 374 g/mol. The Labute approximate surface area is 174 Å². The van der Waals surface area contributed by atoms with Crippen LogP contribution in [0.3, 0.4) is 0 Å². The molecule has 3 fully saturated rings. The normalized spacial score (nSPS) is 23.1. The Morgan fingerprint density at radius 2 is 1.64 bits per heavy atom. The molecule has 0 bridgehead atoms. The molecule has 1 saturated carbocycles. The van der Waals surface area contributed by atoms with E-state index in [-0.39, 0.29) is 24.2 Å². The van der Waals surface area contributed by atoms with Crippen molar-refractivity contribution in [2.75, 3.05) is 31.1 Å². The fourth-order valence-corrected chi connectivity index (χ4v) is 4.45. The van der Waals surface area contributed by atoms with Crippen LogP contribution in [0.15, 0.2) is 18.2 Å². The van der Waals surface area contributed by atoms with Gasteiger partial charge in [-0.2, -0.15) is 0 Å². The summed E-state index contributed by atoms with van der Waals surface area (Å²) in [5.74, 6) is 0.394. The van der Waals surface area contributed by atoms with Gasteiger partial charge in [-0.05, 0) is 81.7 Å². The van der Waals surface area contributed by atoms with Gasteiger partial charge in [-0.3, -0.25) is 9.59 Å². The first-order valence-corrected chi connectivity index (χ1v) is 10.4. The van der Waals surface area contributed by atoms with Gasteiger partial charge < -0.3 is 15.1 Å². The molecule has 2 saturated heterocycles. The lowest BCUT2D eigenvalue weighted by Crippen LogP contribution is -2.48. The van der Waals surface area contributed by atoms with Gasteiger partial charge in [-0.1, -0.05) is 6.07 Å². The first kappa shape index (κ1) is 21.1. The Balaban J connectivity index is 0.00000225. The molecule has 1 aromatic carbocycles. The van der Waals surface area contributed by atoms with Crippen molar-refractivity contribution < 1.29 is 9.59 Å². The summed E-state index contributed by atoms with van der Waals surface area (Å²) in [6, 6.07) is 6.71. The van der Waals surface area contributed by atoms with E-state index in [1.54, 1.807) is 4.90 Å². The number of carbonyl (C=O) groups excluding carboxylic acids is 2. The zero-order chi connectivity index (χ0) is 19.0. The third-order valence-electron chi connectivity index (χ3n) is 6.22. The highest BCUT2D eigenvalue weighted by atomic mass is 35.5. The second-order valence-corrected chi connectivity index (χ2v) is 8.63. The largest absolute Gasteiger partial charge is 0.342 e. The summed E-state index contributed by atoms with van der Waals surface area (Å²) in [7, 11) is 0. The monoisotopic (exact) mass is 405 g/mol. The molecule has 1 N–H and O–H groups in total. The van der Waals surface area contributed by atoms with Gasteiger partial charge >= 0.3 is 0 Å². The van der Waals surface area contributed by atoms with Gasteiger partial charge in [-0.15, -0.1) is 12.4 Å². The van der Waals surface area contributed by atoms with Crippen molar-refractivity contribution in [2.45, 2.75) is 52.0 Å². The van der Waals surface area contributed by atoms with E-state index in [9.17, 15) is 9.59 Å². The molecule has 0 radical (unpaired) electrons. The molecule has 0 aromatic heterocycles. The van der Waals surface area contributed by atoms with Gasteiger partial charge in [-0.25, -0.2) is 0 Å². The molecule has 5 nitrogen and oxygen atoms in total. The maximum atomic E-state index is 13.0. The van der Waals surface area contributed by atoms with Gasteiger partial charge in [0, 0.05) is 31.4 Å². The lowest BCUT2D eigenvalue weighted by atomic mass is 10.0. The topological polar surface area (TPSA) is 52.7 Å². The second-order valence-electron chi connectivity index (χ2n) is 8.63. The molecule has 6 heteroatoms. The minimum absolute atomic E-state index is 0. The minimum atomic E-state index is -0.498. The number of hydrogen-bond donors (Lipinski definition) is 1. The molecule has 0 spiro atoms. The number of carbonyl (C=O) groups is 2. The SMILES string of the molecule is Cc1cc(C)cc(N2CCC(C(=O)N3CCC(NCC4CC4)CC3)C2=O)c1.Cl. The van der Waals surface area contributed by atoms with Crippen molar-refractivity contribution in [3.05, 3.63) is 29.3 Å². The molecule has 154 valence electrons. The molecule has 28 heavy (non-hydrogen) atoms. The molecule has 2 heterocycles. The maximum absolute atomic E-state index is 13.0. The zero-order valence-corrected chi connectivity index (χ0v) is 17.8. The van der Waals surface area contributed by atoms with Gasteiger partial charge in [0.2, 0.25) is 11.8 Å². The average molecular weight is 406 g/mol. The third kappa shape index (κ3) is 4.69. The number of nitrogens with one attached hydrogen (secondary N) is 1. The summed E-state index contributed by atoms with van der Waals surface area (Å²) in [4.78, 5) is 29.6. The Morgan fingerprint density at radius 3 is 2.25 bits per heavy atom. The number of hydrogen-bond acceptors (Lipinski definition) is 3.